The molecule has 1 amide bonds. The van der Waals surface area contributed by atoms with Crippen LogP contribution in [-0.4, -0.2) is 23.9 Å². The van der Waals surface area contributed by atoms with Gasteiger partial charge in [0.25, 0.3) is 5.91 Å². The maximum Gasteiger partial charge on any atom is 0.254 e. The molecule has 0 bridgehead atoms. The summed E-state index contributed by atoms with van der Waals surface area (Å²) in [6, 6.07) is 7.60. The first kappa shape index (κ1) is 12.1. The maximum absolute atomic E-state index is 12.5. The molecule has 3 heteroatoms. The molecular weight excluding hydrogens is 242 g/mol. The highest BCUT2D eigenvalue weighted by Crippen LogP contribution is 2.45. The first-order valence-electron chi connectivity index (χ1n) is 6.78. The smallest absolute Gasteiger partial charge is 0.254 e. The molecule has 96 valence electrons. The van der Waals surface area contributed by atoms with E-state index in [1.165, 1.54) is 32.1 Å². The Morgan fingerprint density at radius 1 is 1.17 bits per heavy atom. The first-order valence-corrected chi connectivity index (χ1v) is 7.22. The summed E-state index contributed by atoms with van der Waals surface area (Å²) in [6.07, 6.45) is 6.47. The molecule has 2 nitrogen and oxygen atoms in total. The number of carbonyl (C=O) groups is 1. The lowest BCUT2D eigenvalue weighted by Gasteiger charge is -2.23. The molecule has 1 aromatic carbocycles. The van der Waals surface area contributed by atoms with E-state index in [-0.39, 0.29) is 5.91 Å². The van der Waals surface area contributed by atoms with E-state index in [0.29, 0.717) is 5.41 Å². The molecule has 2 fully saturated rings. The zero-order valence-corrected chi connectivity index (χ0v) is 11.5. The number of nitrogens with zero attached hydrogens (tertiary/aromatic N) is 1. The van der Waals surface area contributed by atoms with Crippen LogP contribution in [0.25, 0.3) is 0 Å². The van der Waals surface area contributed by atoms with Gasteiger partial charge in [-0.05, 0) is 36.8 Å². The van der Waals surface area contributed by atoms with Crippen molar-refractivity contribution in [1.29, 1.82) is 0 Å². The number of hydrogen-bond acceptors (Lipinski definition) is 2. The van der Waals surface area contributed by atoms with Crippen LogP contribution in [0.1, 0.15) is 42.5 Å². The van der Waals surface area contributed by atoms with Crippen molar-refractivity contribution in [2.75, 3.05) is 13.1 Å². The van der Waals surface area contributed by atoms with Crippen molar-refractivity contribution in [3.8, 4) is 0 Å². The SMILES string of the molecule is O=C(c1ccccc1S)N1CCC2(CCCC2)C1. The third kappa shape index (κ3) is 2.05. The molecule has 0 N–H and O–H groups in total. The lowest BCUT2D eigenvalue weighted by molar-refractivity contribution is 0.0770. The summed E-state index contributed by atoms with van der Waals surface area (Å²) in [7, 11) is 0. The summed E-state index contributed by atoms with van der Waals surface area (Å²) in [5.41, 5.74) is 1.19. The fourth-order valence-electron chi connectivity index (χ4n) is 3.47. The Morgan fingerprint density at radius 2 is 1.89 bits per heavy atom. The quantitative estimate of drug-likeness (QED) is 0.768. The number of hydrogen-bond donors (Lipinski definition) is 1. The Morgan fingerprint density at radius 3 is 2.61 bits per heavy atom. The van der Waals surface area contributed by atoms with Crippen molar-refractivity contribution >= 4 is 18.5 Å². The molecule has 1 saturated carbocycles. The Balaban J connectivity index is 1.77. The van der Waals surface area contributed by atoms with Gasteiger partial charge in [-0.25, -0.2) is 0 Å². The van der Waals surface area contributed by atoms with Crippen molar-refractivity contribution in [3.05, 3.63) is 29.8 Å². The van der Waals surface area contributed by atoms with Gasteiger partial charge in [0.15, 0.2) is 0 Å². The Bertz CT molecular complexity index is 465. The largest absolute Gasteiger partial charge is 0.338 e. The van der Waals surface area contributed by atoms with Crippen LogP contribution in [0.15, 0.2) is 29.2 Å². The molecule has 0 aromatic heterocycles. The van der Waals surface area contributed by atoms with Crippen molar-refractivity contribution in [3.63, 3.8) is 0 Å². The highest BCUT2D eigenvalue weighted by Gasteiger charge is 2.41. The van der Waals surface area contributed by atoms with E-state index >= 15 is 0 Å². The van der Waals surface area contributed by atoms with Gasteiger partial charge in [-0.3, -0.25) is 4.79 Å². The van der Waals surface area contributed by atoms with Crippen LogP contribution in [0.3, 0.4) is 0 Å². The van der Waals surface area contributed by atoms with E-state index in [0.717, 1.165) is 23.5 Å². The van der Waals surface area contributed by atoms with Gasteiger partial charge in [-0.15, -0.1) is 12.6 Å². The minimum absolute atomic E-state index is 0.157. The van der Waals surface area contributed by atoms with Crippen LogP contribution >= 0.6 is 12.6 Å². The lowest BCUT2D eigenvalue weighted by atomic mass is 9.86. The van der Waals surface area contributed by atoms with Gasteiger partial charge in [0.05, 0.1) is 5.56 Å². The van der Waals surface area contributed by atoms with Gasteiger partial charge in [-0.1, -0.05) is 25.0 Å². The number of thiol groups is 1. The minimum atomic E-state index is 0.157. The van der Waals surface area contributed by atoms with Crippen molar-refractivity contribution in [1.82, 2.24) is 4.90 Å². The van der Waals surface area contributed by atoms with Gasteiger partial charge in [0.2, 0.25) is 0 Å². The Hall–Kier alpha value is -0.960. The Labute approximate surface area is 114 Å². The fraction of sp³-hybridized carbons (Fsp3) is 0.533. The molecule has 1 spiro atoms. The van der Waals surface area contributed by atoms with Crippen molar-refractivity contribution in [2.45, 2.75) is 37.0 Å². The highest BCUT2D eigenvalue weighted by atomic mass is 32.1. The molecule has 3 rings (SSSR count). The molecule has 1 aliphatic carbocycles. The summed E-state index contributed by atoms with van der Waals surface area (Å²) >= 11 is 4.38. The van der Waals surface area contributed by atoms with Gasteiger partial charge >= 0.3 is 0 Å². The molecule has 1 aromatic rings. The van der Waals surface area contributed by atoms with Crippen molar-refractivity contribution in [2.24, 2.45) is 5.41 Å². The number of carbonyl (C=O) groups excluding carboxylic acids is 1. The zero-order valence-electron chi connectivity index (χ0n) is 10.6. The van der Waals surface area contributed by atoms with E-state index in [4.69, 9.17) is 0 Å². The van der Waals surface area contributed by atoms with Crippen molar-refractivity contribution < 1.29 is 4.79 Å². The topological polar surface area (TPSA) is 20.3 Å². The van der Waals surface area contributed by atoms with Crippen LogP contribution < -0.4 is 0 Å². The average molecular weight is 261 g/mol. The molecule has 0 atom stereocenters. The maximum atomic E-state index is 12.5. The van der Waals surface area contributed by atoms with E-state index in [2.05, 4.69) is 12.6 Å². The molecule has 18 heavy (non-hydrogen) atoms. The average Bonchev–Trinajstić information content (AvgIpc) is 3.00. The number of likely N-dealkylation sites (tertiary alicyclic amines) is 1. The second kappa shape index (κ2) is 4.61. The van der Waals surface area contributed by atoms with E-state index < -0.39 is 0 Å². The zero-order chi connectivity index (χ0) is 12.6. The van der Waals surface area contributed by atoms with Crippen LogP contribution in [-0.2, 0) is 0 Å². The second-order valence-corrected chi connectivity index (χ2v) is 6.18. The number of rotatable bonds is 1. The number of benzene rings is 1. The van der Waals surface area contributed by atoms with E-state index in [9.17, 15) is 4.79 Å². The summed E-state index contributed by atoms with van der Waals surface area (Å²) in [5.74, 6) is 0.157. The normalized spacial score (nSPS) is 21.7. The molecule has 0 unspecified atom stereocenters. The van der Waals surface area contributed by atoms with E-state index in [1.54, 1.807) is 0 Å². The summed E-state index contributed by atoms with van der Waals surface area (Å²) in [5, 5.41) is 0. The monoisotopic (exact) mass is 261 g/mol. The summed E-state index contributed by atoms with van der Waals surface area (Å²) < 4.78 is 0. The fourth-order valence-corrected chi connectivity index (χ4v) is 3.72. The first-order chi connectivity index (χ1) is 8.70. The molecule has 1 aliphatic heterocycles. The highest BCUT2D eigenvalue weighted by molar-refractivity contribution is 7.80. The third-order valence-corrected chi connectivity index (χ3v) is 4.91. The summed E-state index contributed by atoms with van der Waals surface area (Å²) in [6.45, 7) is 1.87. The summed E-state index contributed by atoms with van der Waals surface area (Å²) in [4.78, 5) is 15.3. The predicted molar refractivity (Wildman–Crippen MR) is 75.1 cm³/mol. The Kier molecular flexibility index (Phi) is 3.10. The van der Waals surface area contributed by atoms with Gasteiger partial charge in [0, 0.05) is 18.0 Å². The number of amides is 1. The molecule has 1 heterocycles. The molecule has 2 aliphatic rings. The third-order valence-electron chi connectivity index (χ3n) is 4.52. The minimum Gasteiger partial charge on any atom is -0.338 e. The molecular formula is C15H19NOS. The van der Waals surface area contributed by atoms with Gasteiger partial charge in [0.1, 0.15) is 0 Å². The second-order valence-electron chi connectivity index (χ2n) is 5.70. The molecule has 1 saturated heterocycles. The van der Waals surface area contributed by atoms with E-state index in [1.807, 2.05) is 29.2 Å². The standard InChI is InChI=1S/C15H19NOS/c17-14(12-5-1-2-6-13(12)18)16-10-9-15(11-16)7-3-4-8-15/h1-2,5-6,18H,3-4,7-11H2. The van der Waals surface area contributed by atoms with Gasteiger partial charge < -0.3 is 4.90 Å². The van der Waals surface area contributed by atoms with Crippen LogP contribution in [0, 0.1) is 5.41 Å². The van der Waals surface area contributed by atoms with Crippen LogP contribution in [0.5, 0.6) is 0 Å². The predicted octanol–water partition coefficient (Wildman–Crippen LogP) is 3.38. The lowest BCUT2D eigenvalue weighted by Crippen LogP contribution is -2.31. The molecule has 0 radical (unpaired) electrons. The van der Waals surface area contributed by atoms with Crippen LogP contribution in [0.4, 0.5) is 0 Å². The van der Waals surface area contributed by atoms with Crippen LogP contribution in [0.2, 0.25) is 0 Å². The van der Waals surface area contributed by atoms with Gasteiger partial charge in [-0.2, -0.15) is 0 Å².